The Hall–Kier alpha value is 0.130. The first kappa shape index (κ1) is 16.5. The van der Waals surface area contributed by atoms with E-state index >= 15 is 0 Å². The highest BCUT2D eigenvalue weighted by Gasteiger charge is 2.20. The van der Waals surface area contributed by atoms with Crippen LogP contribution in [0.3, 0.4) is 0 Å². The van der Waals surface area contributed by atoms with E-state index < -0.39 is 0 Å². The molecule has 0 amide bonds. The molecule has 1 N–H and O–H groups in total. The molecule has 108 valence electrons. The van der Waals surface area contributed by atoms with Crippen molar-refractivity contribution in [2.45, 2.75) is 26.3 Å². The maximum absolute atomic E-state index is 6.41. The average Bonchev–Trinajstić information content (AvgIpc) is 2.73. The summed E-state index contributed by atoms with van der Waals surface area (Å²) in [7, 11) is 0. The third kappa shape index (κ3) is 3.86. The molecule has 0 aliphatic heterocycles. The molecular formula is C15H16Br2ClNS. The van der Waals surface area contributed by atoms with Crippen molar-refractivity contribution in [3.8, 4) is 0 Å². The summed E-state index contributed by atoms with van der Waals surface area (Å²) in [6.07, 6.45) is 1.09. The maximum atomic E-state index is 6.41. The van der Waals surface area contributed by atoms with E-state index in [0.29, 0.717) is 0 Å². The van der Waals surface area contributed by atoms with E-state index in [1.807, 2.05) is 12.1 Å². The van der Waals surface area contributed by atoms with Crippen LogP contribution in [0, 0.1) is 6.92 Å². The average molecular weight is 438 g/mol. The Balaban J connectivity index is 2.46. The Bertz CT molecular complexity index is 598. The number of rotatable bonds is 5. The largest absolute Gasteiger partial charge is 0.306 e. The number of aryl methyl sites for hydroxylation is 1. The van der Waals surface area contributed by atoms with Crippen LogP contribution in [-0.2, 0) is 0 Å². The van der Waals surface area contributed by atoms with Crippen LogP contribution in [0.1, 0.15) is 35.4 Å². The Morgan fingerprint density at radius 1 is 1.25 bits per heavy atom. The van der Waals surface area contributed by atoms with E-state index in [-0.39, 0.29) is 6.04 Å². The minimum absolute atomic E-state index is 0.127. The van der Waals surface area contributed by atoms with Gasteiger partial charge >= 0.3 is 0 Å². The first-order valence-corrected chi connectivity index (χ1v) is 9.25. The van der Waals surface area contributed by atoms with E-state index in [1.165, 1.54) is 10.4 Å². The van der Waals surface area contributed by atoms with E-state index in [0.717, 1.165) is 31.8 Å². The second kappa shape index (κ2) is 7.41. The second-order valence-corrected chi connectivity index (χ2v) is 8.57. The van der Waals surface area contributed by atoms with Gasteiger partial charge in [0.05, 0.1) is 9.83 Å². The summed E-state index contributed by atoms with van der Waals surface area (Å²) < 4.78 is 2.20. The molecule has 0 fully saturated rings. The van der Waals surface area contributed by atoms with Crippen molar-refractivity contribution in [2.75, 3.05) is 6.54 Å². The van der Waals surface area contributed by atoms with Gasteiger partial charge < -0.3 is 5.32 Å². The van der Waals surface area contributed by atoms with Crippen LogP contribution < -0.4 is 5.32 Å². The number of thiophene rings is 1. The summed E-state index contributed by atoms with van der Waals surface area (Å²) in [6.45, 7) is 5.28. The molecular weight excluding hydrogens is 422 g/mol. The zero-order chi connectivity index (χ0) is 14.7. The number of benzene rings is 1. The fourth-order valence-corrected chi connectivity index (χ4v) is 4.51. The summed E-state index contributed by atoms with van der Waals surface area (Å²) in [5.74, 6) is 0. The quantitative estimate of drug-likeness (QED) is 0.577. The third-order valence-corrected chi connectivity index (χ3v) is 5.51. The van der Waals surface area contributed by atoms with Gasteiger partial charge in [0.25, 0.3) is 0 Å². The molecule has 0 saturated heterocycles. The molecule has 0 aliphatic rings. The SMILES string of the molecule is CCCNC(c1cc(Br)ccc1Cl)c1cc(Br)sc1C. The predicted octanol–water partition coefficient (Wildman–Crippen LogP) is 6.32. The minimum Gasteiger partial charge on any atom is -0.306 e. The lowest BCUT2D eigenvalue weighted by Crippen LogP contribution is -2.23. The Labute approximate surface area is 146 Å². The molecule has 0 spiro atoms. The topological polar surface area (TPSA) is 12.0 Å². The molecule has 0 aliphatic carbocycles. The van der Waals surface area contributed by atoms with Crippen LogP contribution in [0.2, 0.25) is 5.02 Å². The van der Waals surface area contributed by atoms with E-state index in [2.05, 4.69) is 63.2 Å². The van der Waals surface area contributed by atoms with Crippen LogP contribution in [0.25, 0.3) is 0 Å². The van der Waals surface area contributed by atoms with Gasteiger partial charge in [0, 0.05) is 14.4 Å². The van der Waals surface area contributed by atoms with Crippen molar-refractivity contribution in [3.63, 3.8) is 0 Å². The van der Waals surface area contributed by atoms with Crippen molar-refractivity contribution < 1.29 is 0 Å². The lowest BCUT2D eigenvalue weighted by atomic mass is 9.99. The Morgan fingerprint density at radius 2 is 2.00 bits per heavy atom. The molecule has 5 heteroatoms. The molecule has 1 atom stereocenters. The van der Waals surface area contributed by atoms with Crippen molar-refractivity contribution in [3.05, 3.63) is 53.6 Å². The normalized spacial score (nSPS) is 12.7. The fourth-order valence-electron chi connectivity index (χ4n) is 2.16. The Morgan fingerprint density at radius 3 is 2.60 bits per heavy atom. The molecule has 0 radical (unpaired) electrons. The second-order valence-electron chi connectivity index (χ2n) is 4.62. The number of hydrogen-bond acceptors (Lipinski definition) is 2. The molecule has 2 aromatic rings. The van der Waals surface area contributed by atoms with Gasteiger partial charge in [0.1, 0.15) is 0 Å². The van der Waals surface area contributed by atoms with Crippen LogP contribution >= 0.6 is 54.8 Å². The number of halogens is 3. The molecule has 1 unspecified atom stereocenters. The lowest BCUT2D eigenvalue weighted by molar-refractivity contribution is 0.598. The molecule has 0 bridgehead atoms. The standard InChI is InChI=1S/C15H16Br2ClNS/c1-3-6-19-15(11-8-14(17)20-9(11)2)12-7-10(16)4-5-13(12)18/h4-5,7-8,15,19H,3,6H2,1-2H3. The smallest absolute Gasteiger partial charge is 0.0704 e. The van der Waals surface area contributed by atoms with E-state index in [9.17, 15) is 0 Å². The van der Waals surface area contributed by atoms with Crippen LogP contribution in [0.5, 0.6) is 0 Å². The zero-order valence-corrected chi connectivity index (χ0v) is 16.1. The third-order valence-electron chi connectivity index (χ3n) is 3.10. The number of nitrogens with one attached hydrogen (secondary N) is 1. The minimum atomic E-state index is 0.127. The van der Waals surface area contributed by atoms with Crippen LogP contribution in [-0.4, -0.2) is 6.54 Å². The molecule has 2 rings (SSSR count). The van der Waals surface area contributed by atoms with Crippen LogP contribution in [0.15, 0.2) is 32.5 Å². The van der Waals surface area contributed by atoms with Gasteiger partial charge in [-0.05, 0) is 71.2 Å². The molecule has 1 nitrogen and oxygen atoms in total. The number of hydrogen-bond donors (Lipinski definition) is 1. The molecule has 0 saturated carbocycles. The lowest BCUT2D eigenvalue weighted by Gasteiger charge is -2.21. The predicted molar refractivity (Wildman–Crippen MR) is 96.0 cm³/mol. The van der Waals surface area contributed by atoms with Crippen molar-refractivity contribution in [2.24, 2.45) is 0 Å². The van der Waals surface area contributed by atoms with Crippen molar-refractivity contribution >= 4 is 54.8 Å². The van der Waals surface area contributed by atoms with Gasteiger partial charge in [-0.25, -0.2) is 0 Å². The summed E-state index contributed by atoms with van der Waals surface area (Å²) in [5, 5.41) is 4.40. The maximum Gasteiger partial charge on any atom is 0.0704 e. The monoisotopic (exact) mass is 435 g/mol. The van der Waals surface area contributed by atoms with Gasteiger partial charge in [-0.2, -0.15) is 0 Å². The Kier molecular flexibility index (Phi) is 6.11. The van der Waals surface area contributed by atoms with E-state index in [4.69, 9.17) is 11.6 Å². The highest BCUT2D eigenvalue weighted by molar-refractivity contribution is 9.11. The van der Waals surface area contributed by atoms with Gasteiger partial charge in [0.2, 0.25) is 0 Å². The first-order chi connectivity index (χ1) is 9.52. The molecule has 1 heterocycles. The van der Waals surface area contributed by atoms with Gasteiger partial charge in [-0.15, -0.1) is 11.3 Å². The van der Waals surface area contributed by atoms with Crippen molar-refractivity contribution in [1.29, 1.82) is 0 Å². The van der Waals surface area contributed by atoms with Gasteiger partial charge in [-0.3, -0.25) is 0 Å². The highest BCUT2D eigenvalue weighted by atomic mass is 79.9. The van der Waals surface area contributed by atoms with Gasteiger partial charge in [-0.1, -0.05) is 34.5 Å². The van der Waals surface area contributed by atoms with E-state index in [1.54, 1.807) is 11.3 Å². The first-order valence-electron chi connectivity index (χ1n) is 6.47. The summed E-state index contributed by atoms with van der Waals surface area (Å²) >= 11 is 15.3. The van der Waals surface area contributed by atoms with Crippen molar-refractivity contribution in [1.82, 2.24) is 5.32 Å². The fraction of sp³-hybridized carbons (Fsp3) is 0.333. The zero-order valence-electron chi connectivity index (χ0n) is 11.3. The molecule has 1 aromatic carbocycles. The molecule has 1 aromatic heterocycles. The summed E-state index contributed by atoms with van der Waals surface area (Å²) in [5.41, 5.74) is 2.40. The summed E-state index contributed by atoms with van der Waals surface area (Å²) in [6, 6.07) is 8.32. The highest BCUT2D eigenvalue weighted by Crippen LogP contribution is 2.37. The molecule has 20 heavy (non-hydrogen) atoms. The van der Waals surface area contributed by atoms with Crippen LogP contribution in [0.4, 0.5) is 0 Å². The summed E-state index contributed by atoms with van der Waals surface area (Å²) in [4.78, 5) is 1.31. The van der Waals surface area contributed by atoms with Gasteiger partial charge in [0.15, 0.2) is 0 Å².